The fraction of sp³-hybridized carbons (Fsp3) is 0.833. The van der Waals surface area contributed by atoms with Gasteiger partial charge in [0.15, 0.2) is 15.1 Å². The molecule has 0 spiro atoms. The minimum Gasteiger partial charge on any atom is -0.480 e. The normalized spacial score (nSPS) is 15.7. The highest BCUT2D eigenvalue weighted by Crippen LogP contribution is 2.16. The standard InChI is InChI=1S/C6H12O5S/c1-6(2,9)4(5(7)8)12(3,10)11/h4,9H,1-3H3,(H,7,8)/t4-/m1/s1. The molecule has 5 nitrogen and oxygen atoms in total. The molecule has 0 radical (unpaired) electrons. The van der Waals surface area contributed by atoms with Crippen LogP contribution in [0, 0.1) is 0 Å². The smallest absolute Gasteiger partial charge is 0.324 e. The van der Waals surface area contributed by atoms with Gasteiger partial charge in [0, 0.05) is 6.26 Å². The number of carboxylic acid groups (broad SMARTS) is 1. The van der Waals surface area contributed by atoms with Crippen molar-refractivity contribution in [3.63, 3.8) is 0 Å². The van der Waals surface area contributed by atoms with Gasteiger partial charge in [-0.2, -0.15) is 0 Å². The van der Waals surface area contributed by atoms with Crippen LogP contribution in [0.2, 0.25) is 0 Å². The third kappa shape index (κ3) is 2.78. The van der Waals surface area contributed by atoms with E-state index in [1.807, 2.05) is 0 Å². The summed E-state index contributed by atoms with van der Waals surface area (Å²) in [4.78, 5) is 10.5. The van der Waals surface area contributed by atoms with Gasteiger partial charge in [-0.15, -0.1) is 0 Å². The van der Waals surface area contributed by atoms with E-state index in [0.717, 1.165) is 20.1 Å². The third-order valence-electron chi connectivity index (χ3n) is 1.29. The van der Waals surface area contributed by atoms with Gasteiger partial charge < -0.3 is 10.2 Å². The highest BCUT2D eigenvalue weighted by Gasteiger charge is 2.41. The summed E-state index contributed by atoms with van der Waals surface area (Å²) in [5.74, 6) is -1.54. The summed E-state index contributed by atoms with van der Waals surface area (Å²) < 4.78 is 21.8. The Hall–Kier alpha value is -0.620. The summed E-state index contributed by atoms with van der Waals surface area (Å²) in [5.41, 5.74) is -1.76. The lowest BCUT2D eigenvalue weighted by Gasteiger charge is -2.23. The number of hydrogen-bond acceptors (Lipinski definition) is 4. The van der Waals surface area contributed by atoms with Gasteiger partial charge in [-0.1, -0.05) is 0 Å². The van der Waals surface area contributed by atoms with Crippen LogP contribution in [0.4, 0.5) is 0 Å². The summed E-state index contributed by atoms with van der Waals surface area (Å²) in [6, 6.07) is 0. The number of rotatable bonds is 3. The van der Waals surface area contributed by atoms with E-state index in [1.165, 1.54) is 0 Å². The first-order valence-corrected chi connectivity index (χ1v) is 5.16. The van der Waals surface area contributed by atoms with Crippen molar-refractivity contribution in [3.8, 4) is 0 Å². The van der Waals surface area contributed by atoms with Crippen LogP contribution >= 0.6 is 0 Å². The number of aliphatic carboxylic acids is 1. The Morgan fingerprint density at radius 2 is 1.75 bits per heavy atom. The van der Waals surface area contributed by atoms with E-state index >= 15 is 0 Å². The topological polar surface area (TPSA) is 91.7 Å². The monoisotopic (exact) mass is 196 g/mol. The van der Waals surface area contributed by atoms with E-state index in [1.54, 1.807) is 0 Å². The Morgan fingerprint density at radius 1 is 1.42 bits per heavy atom. The summed E-state index contributed by atoms with van der Waals surface area (Å²) in [5, 5.41) is 16.0. The second-order valence-corrected chi connectivity index (χ2v) is 5.33. The summed E-state index contributed by atoms with van der Waals surface area (Å²) >= 11 is 0. The predicted octanol–water partition coefficient (Wildman–Crippen LogP) is -0.745. The molecule has 0 saturated heterocycles. The lowest BCUT2D eigenvalue weighted by Crippen LogP contribution is -2.47. The average molecular weight is 196 g/mol. The number of sulfone groups is 1. The van der Waals surface area contributed by atoms with Gasteiger partial charge in [-0.3, -0.25) is 4.79 Å². The maximum Gasteiger partial charge on any atom is 0.324 e. The zero-order valence-corrected chi connectivity index (χ0v) is 7.92. The number of carbonyl (C=O) groups is 1. The molecule has 0 aliphatic rings. The fourth-order valence-electron chi connectivity index (χ4n) is 1.01. The van der Waals surface area contributed by atoms with Gasteiger partial charge in [-0.05, 0) is 13.8 Å². The Balaban J connectivity index is 5.11. The Kier molecular flexibility index (Phi) is 2.87. The molecule has 0 heterocycles. The molecule has 0 bridgehead atoms. The Labute approximate surface area is 70.9 Å². The van der Waals surface area contributed by atoms with Crippen LogP contribution in [0.25, 0.3) is 0 Å². The molecule has 0 saturated carbocycles. The molecule has 0 fully saturated rings. The summed E-state index contributed by atoms with van der Waals surface area (Å²) in [6.45, 7) is 2.29. The molecule has 0 aliphatic carbocycles. The molecule has 6 heteroatoms. The number of aliphatic hydroxyl groups is 1. The highest BCUT2D eigenvalue weighted by molar-refractivity contribution is 7.92. The molecule has 0 unspecified atom stereocenters. The molecule has 0 aromatic rings. The number of hydrogen-bond donors (Lipinski definition) is 2. The predicted molar refractivity (Wildman–Crippen MR) is 42.6 cm³/mol. The van der Waals surface area contributed by atoms with Crippen molar-refractivity contribution in [1.82, 2.24) is 0 Å². The first-order valence-electron chi connectivity index (χ1n) is 3.21. The summed E-state index contributed by atoms with van der Waals surface area (Å²) in [7, 11) is -3.77. The van der Waals surface area contributed by atoms with Crippen LogP contribution in [0.1, 0.15) is 13.8 Å². The van der Waals surface area contributed by atoms with E-state index in [2.05, 4.69) is 0 Å². The average Bonchev–Trinajstić information content (AvgIpc) is 1.49. The molecule has 72 valence electrons. The first-order chi connectivity index (χ1) is 5.07. The van der Waals surface area contributed by atoms with Crippen molar-refractivity contribution in [2.24, 2.45) is 0 Å². The van der Waals surface area contributed by atoms with Crippen molar-refractivity contribution >= 4 is 15.8 Å². The van der Waals surface area contributed by atoms with Gasteiger partial charge in [0.05, 0.1) is 5.60 Å². The van der Waals surface area contributed by atoms with Gasteiger partial charge in [0.25, 0.3) is 0 Å². The van der Waals surface area contributed by atoms with E-state index in [0.29, 0.717) is 0 Å². The van der Waals surface area contributed by atoms with E-state index < -0.39 is 26.7 Å². The fourth-order valence-corrected chi connectivity index (χ4v) is 2.42. The van der Waals surface area contributed by atoms with Gasteiger partial charge >= 0.3 is 5.97 Å². The molecule has 0 amide bonds. The Bertz CT molecular complexity index is 271. The highest BCUT2D eigenvalue weighted by atomic mass is 32.2. The SMILES string of the molecule is CC(C)(O)[C@@H](C(=O)O)S(C)(=O)=O. The largest absolute Gasteiger partial charge is 0.480 e. The van der Waals surface area contributed by atoms with Crippen molar-refractivity contribution in [2.45, 2.75) is 24.7 Å². The van der Waals surface area contributed by atoms with Crippen LogP contribution in [-0.4, -0.2) is 41.7 Å². The maximum absolute atomic E-state index is 10.9. The first kappa shape index (κ1) is 11.4. The van der Waals surface area contributed by atoms with Crippen LogP contribution < -0.4 is 0 Å². The zero-order valence-electron chi connectivity index (χ0n) is 7.10. The molecule has 0 aromatic carbocycles. The van der Waals surface area contributed by atoms with Gasteiger partial charge in [0.2, 0.25) is 0 Å². The second-order valence-electron chi connectivity index (χ2n) is 3.20. The van der Waals surface area contributed by atoms with E-state index in [9.17, 15) is 18.3 Å². The molecule has 0 aliphatic heterocycles. The van der Waals surface area contributed by atoms with Gasteiger partial charge in [-0.25, -0.2) is 8.42 Å². The van der Waals surface area contributed by atoms with Crippen molar-refractivity contribution in [1.29, 1.82) is 0 Å². The number of carboxylic acids is 1. The lowest BCUT2D eigenvalue weighted by atomic mass is 10.1. The van der Waals surface area contributed by atoms with Crippen molar-refractivity contribution < 1.29 is 23.4 Å². The van der Waals surface area contributed by atoms with Crippen LogP contribution in [0.5, 0.6) is 0 Å². The third-order valence-corrected chi connectivity index (χ3v) is 2.93. The van der Waals surface area contributed by atoms with Crippen LogP contribution in [0.3, 0.4) is 0 Å². The summed E-state index contributed by atoms with van der Waals surface area (Å²) in [6.07, 6.45) is 0.782. The molecular weight excluding hydrogens is 184 g/mol. The molecule has 0 aromatic heterocycles. The van der Waals surface area contributed by atoms with E-state index in [4.69, 9.17) is 5.11 Å². The van der Waals surface area contributed by atoms with Gasteiger partial charge in [0.1, 0.15) is 0 Å². The molecule has 2 N–H and O–H groups in total. The van der Waals surface area contributed by atoms with Crippen LogP contribution in [0.15, 0.2) is 0 Å². The Morgan fingerprint density at radius 3 is 1.75 bits per heavy atom. The second kappa shape index (κ2) is 3.02. The molecular formula is C6H12O5S. The quantitative estimate of drug-likeness (QED) is 0.620. The van der Waals surface area contributed by atoms with Crippen LogP contribution in [-0.2, 0) is 14.6 Å². The van der Waals surface area contributed by atoms with Crippen molar-refractivity contribution in [2.75, 3.05) is 6.26 Å². The van der Waals surface area contributed by atoms with Crippen molar-refractivity contribution in [3.05, 3.63) is 0 Å². The minimum absolute atomic E-state index is 0.782. The lowest BCUT2D eigenvalue weighted by molar-refractivity contribution is -0.140. The van der Waals surface area contributed by atoms with E-state index in [-0.39, 0.29) is 0 Å². The molecule has 0 rings (SSSR count). The zero-order chi connectivity index (χ0) is 10.2. The maximum atomic E-state index is 10.9. The minimum atomic E-state index is -3.77. The molecule has 1 atom stereocenters. The molecule has 12 heavy (non-hydrogen) atoms.